The summed E-state index contributed by atoms with van der Waals surface area (Å²) in [5, 5.41) is 4.12. The van der Waals surface area contributed by atoms with E-state index in [1.54, 1.807) is 11.9 Å². The van der Waals surface area contributed by atoms with Gasteiger partial charge in [-0.05, 0) is 24.1 Å². The first kappa shape index (κ1) is 18.3. The fraction of sp³-hybridized carbons (Fsp3) is 0.304. The maximum absolute atomic E-state index is 13.3. The van der Waals surface area contributed by atoms with Gasteiger partial charge in [0.15, 0.2) is 0 Å². The van der Waals surface area contributed by atoms with E-state index in [2.05, 4.69) is 17.2 Å². The zero-order valence-electron chi connectivity index (χ0n) is 16.2. The third-order valence-corrected chi connectivity index (χ3v) is 5.63. The summed E-state index contributed by atoms with van der Waals surface area (Å²) in [6, 6.07) is 15.1. The maximum Gasteiger partial charge on any atom is 0.254 e. The minimum atomic E-state index is -0.449. The summed E-state index contributed by atoms with van der Waals surface area (Å²) in [5.41, 5.74) is 3.38. The standard InChI is InChI=1S/C23H25N3O2/c1-3-4-13-24-22(27)20-16-10-5-6-11-17(16)23(28)26(2)21(20)18-14-25-19-12-8-7-9-15(18)19/h5-12,14,20-21,25H,3-4,13H2,1-2H3,(H,24,27). The van der Waals surface area contributed by atoms with Gasteiger partial charge < -0.3 is 15.2 Å². The van der Waals surface area contributed by atoms with Gasteiger partial charge in [0.2, 0.25) is 5.91 Å². The molecule has 0 radical (unpaired) electrons. The lowest BCUT2D eigenvalue weighted by Crippen LogP contribution is -2.45. The number of carbonyl (C=O) groups excluding carboxylic acids is 2. The largest absolute Gasteiger partial charge is 0.361 e. The van der Waals surface area contributed by atoms with Crippen molar-refractivity contribution in [1.82, 2.24) is 15.2 Å². The third-order valence-electron chi connectivity index (χ3n) is 5.63. The predicted octanol–water partition coefficient (Wildman–Crippen LogP) is 3.99. The Morgan fingerprint density at radius 3 is 2.68 bits per heavy atom. The first-order valence-electron chi connectivity index (χ1n) is 9.83. The van der Waals surface area contributed by atoms with Gasteiger partial charge in [-0.3, -0.25) is 9.59 Å². The van der Waals surface area contributed by atoms with Gasteiger partial charge in [0.25, 0.3) is 5.91 Å². The van der Waals surface area contributed by atoms with E-state index < -0.39 is 5.92 Å². The number of unbranched alkanes of at least 4 members (excludes halogenated alkanes) is 1. The second kappa shape index (κ2) is 7.50. The Morgan fingerprint density at radius 2 is 1.86 bits per heavy atom. The Morgan fingerprint density at radius 1 is 1.11 bits per heavy atom. The van der Waals surface area contributed by atoms with E-state index in [0.29, 0.717) is 12.1 Å². The van der Waals surface area contributed by atoms with Gasteiger partial charge in [0.1, 0.15) is 0 Å². The highest BCUT2D eigenvalue weighted by Crippen LogP contribution is 2.43. The smallest absolute Gasteiger partial charge is 0.254 e. The van der Waals surface area contributed by atoms with Gasteiger partial charge in [-0.2, -0.15) is 0 Å². The number of nitrogens with one attached hydrogen (secondary N) is 2. The molecule has 5 nitrogen and oxygen atoms in total. The van der Waals surface area contributed by atoms with Crippen LogP contribution in [0.5, 0.6) is 0 Å². The number of rotatable bonds is 5. The molecule has 4 rings (SSSR count). The normalized spacial score (nSPS) is 18.9. The molecule has 5 heteroatoms. The molecule has 0 fully saturated rings. The van der Waals surface area contributed by atoms with E-state index in [-0.39, 0.29) is 17.9 Å². The van der Waals surface area contributed by atoms with Crippen molar-refractivity contribution in [3.8, 4) is 0 Å². The van der Waals surface area contributed by atoms with Crippen LogP contribution in [0.4, 0.5) is 0 Å². The molecule has 0 saturated heterocycles. The number of para-hydroxylation sites is 1. The van der Waals surface area contributed by atoms with Crippen LogP contribution in [0.1, 0.15) is 53.2 Å². The number of H-pyrrole nitrogens is 1. The van der Waals surface area contributed by atoms with Gasteiger partial charge in [-0.15, -0.1) is 0 Å². The zero-order chi connectivity index (χ0) is 19.7. The second-order valence-corrected chi connectivity index (χ2v) is 7.36. The number of nitrogens with zero attached hydrogens (tertiary/aromatic N) is 1. The number of benzene rings is 2. The number of aromatic nitrogens is 1. The molecular weight excluding hydrogens is 350 g/mol. The summed E-state index contributed by atoms with van der Waals surface area (Å²) >= 11 is 0. The number of likely N-dealkylation sites (N-methyl/N-ethyl adjacent to an activating group) is 1. The number of hydrogen-bond donors (Lipinski definition) is 2. The molecule has 144 valence electrons. The molecule has 1 aromatic heterocycles. The van der Waals surface area contributed by atoms with E-state index in [9.17, 15) is 9.59 Å². The Labute approximate surface area is 164 Å². The van der Waals surface area contributed by atoms with E-state index in [1.165, 1.54) is 0 Å². The van der Waals surface area contributed by atoms with Crippen molar-refractivity contribution in [1.29, 1.82) is 0 Å². The van der Waals surface area contributed by atoms with Gasteiger partial charge in [0, 0.05) is 41.8 Å². The van der Waals surface area contributed by atoms with E-state index in [4.69, 9.17) is 0 Å². The van der Waals surface area contributed by atoms with E-state index in [1.807, 2.05) is 54.7 Å². The summed E-state index contributed by atoms with van der Waals surface area (Å²) in [6.07, 6.45) is 3.89. The fourth-order valence-corrected chi connectivity index (χ4v) is 4.18. The molecule has 0 saturated carbocycles. The minimum Gasteiger partial charge on any atom is -0.361 e. The molecule has 0 spiro atoms. The Bertz CT molecular complexity index is 1020. The minimum absolute atomic E-state index is 0.0319. The average Bonchev–Trinajstić information content (AvgIpc) is 3.14. The molecule has 2 N–H and O–H groups in total. The number of amides is 2. The monoisotopic (exact) mass is 375 g/mol. The van der Waals surface area contributed by atoms with Crippen molar-refractivity contribution in [2.45, 2.75) is 31.7 Å². The van der Waals surface area contributed by atoms with Crippen LogP contribution < -0.4 is 5.32 Å². The molecule has 0 bridgehead atoms. The lowest BCUT2D eigenvalue weighted by molar-refractivity contribution is -0.124. The van der Waals surface area contributed by atoms with Gasteiger partial charge in [-0.1, -0.05) is 49.7 Å². The lowest BCUT2D eigenvalue weighted by Gasteiger charge is -2.39. The second-order valence-electron chi connectivity index (χ2n) is 7.36. The molecule has 2 unspecified atom stereocenters. The Kier molecular flexibility index (Phi) is 4.90. The Balaban J connectivity index is 1.84. The number of carbonyl (C=O) groups is 2. The predicted molar refractivity (Wildman–Crippen MR) is 110 cm³/mol. The van der Waals surface area contributed by atoms with Crippen molar-refractivity contribution in [2.24, 2.45) is 0 Å². The van der Waals surface area contributed by atoms with Crippen molar-refractivity contribution < 1.29 is 9.59 Å². The van der Waals surface area contributed by atoms with Crippen molar-refractivity contribution >= 4 is 22.7 Å². The fourth-order valence-electron chi connectivity index (χ4n) is 4.18. The SMILES string of the molecule is CCCCNC(=O)C1c2ccccc2C(=O)N(C)C1c1c[nH]c2ccccc12. The maximum atomic E-state index is 13.3. The third kappa shape index (κ3) is 2.97. The summed E-state index contributed by atoms with van der Waals surface area (Å²) in [6.45, 7) is 2.75. The number of hydrogen-bond acceptors (Lipinski definition) is 2. The van der Waals surface area contributed by atoms with Crippen LogP contribution in [0.3, 0.4) is 0 Å². The highest BCUT2D eigenvalue weighted by Gasteiger charge is 2.43. The molecule has 2 aromatic carbocycles. The zero-order valence-corrected chi connectivity index (χ0v) is 16.2. The molecule has 28 heavy (non-hydrogen) atoms. The molecule has 2 heterocycles. The highest BCUT2D eigenvalue weighted by molar-refractivity contribution is 6.02. The molecule has 1 aliphatic heterocycles. The molecule has 2 atom stereocenters. The highest BCUT2D eigenvalue weighted by atomic mass is 16.2. The molecule has 2 amide bonds. The van der Waals surface area contributed by atoms with Crippen LogP contribution in [0, 0.1) is 0 Å². The van der Waals surface area contributed by atoms with Crippen LogP contribution in [0.25, 0.3) is 10.9 Å². The van der Waals surface area contributed by atoms with Crippen LogP contribution in [0.15, 0.2) is 54.7 Å². The summed E-state index contributed by atoms with van der Waals surface area (Å²) in [5.74, 6) is -0.533. The summed E-state index contributed by atoms with van der Waals surface area (Å²) < 4.78 is 0. The van der Waals surface area contributed by atoms with Crippen LogP contribution in [0.2, 0.25) is 0 Å². The molecule has 1 aliphatic rings. The van der Waals surface area contributed by atoms with Crippen molar-refractivity contribution in [2.75, 3.05) is 13.6 Å². The van der Waals surface area contributed by atoms with Crippen LogP contribution in [-0.2, 0) is 4.79 Å². The average molecular weight is 375 g/mol. The summed E-state index contributed by atoms with van der Waals surface area (Å²) in [7, 11) is 1.79. The van der Waals surface area contributed by atoms with Crippen molar-refractivity contribution in [3.05, 3.63) is 71.4 Å². The van der Waals surface area contributed by atoms with Gasteiger partial charge in [-0.25, -0.2) is 0 Å². The lowest BCUT2D eigenvalue weighted by atomic mass is 9.79. The van der Waals surface area contributed by atoms with E-state index in [0.717, 1.165) is 34.9 Å². The topological polar surface area (TPSA) is 65.2 Å². The first-order valence-corrected chi connectivity index (χ1v) is 9.83. The quantitative estimate of drug-likeness (QED) is 0.662. The van der Waals surface area contributed by atoms with Gasteiger partial charge in [0.05, 0.1) is 12.0 Å². The van der Waals surface area contributed by atoms with Gasteiger partial charge >= 0.3 is 0 Å². The van der Waals surface area contributed by atoms with Crippen LogP contribution in [-0.4, -0.2) is 35.3 Å². The molecule has 3 aromatic rings. The molecule has 0 aliphatic carbocycles. The number of aromatic amines is 1. The van der Waals surface area contributed by atoms with Crippen LogP contribution >= 0.6 is 0 Å². The molecular formula is C23H25N3O2. The van der Waals surface area contributed by atoms with Crippen molar-refractivity contribution in [3.63, 3.8) is 0 Å². The van der Waals surface area contributed by atoms with E-state index >= 15 is 0 Å². The Hall–Kier alpha value is -3.08. The summed E-state index contributed by atoms with van der Waals surface area (Å²) in [4.78, 5) is 31.3. The number of fused-ring (bicyclic) bond motifs is 2. The first-order chi connectivity index (χ1) is 13.6.